The molecule has 0 aromatic rings. The Kier molecular flexibility index (Phi) is 8.36. The minimum absolute atomic E-state index is 0. The monoisotopic (exact) mass is 408 g/mol. The van der Waals surface area contributed by atoms with Crippen LogP contribution in [-0.4, -0.2) is 37.0 Å². The molecule has 0 bridgehead atoms. The number of carbonyl (C=O) groups excluding carboxylic acids is 1. The molecule has 0 aliphatic heterocycles. The summed E-state index contributed by atoms with van der Waals surface area (Å²) < 4.78 is 0. The van der Waals surface area contributed by atoms with Gasteiger partial charge in [0.05, 0.1) is 6.54 Å². The zero-order valence-corrected chi connectivity index (χ0v) is 15.5. The van der Waals surface area contributed by atoms with Crippen LogP contribution in [0.25, 0.3) is 0 Å². The number of nitrogens with zero attached hydrogens (tertiary/aromatic N) is 1. The van der Waals surface area contributed by atoms with Crippen LogP contribution in [0.2, 0.25) is 0 Å². The molecule has 0 aromatic carbocycles. The Morgan fingerprint density at radius 3 is 2.43 bits per heavy atom. The molecule has 0 atom stereocenters. The zero-order valence-electron chi connectivity index (χ0n) is 13.2. The van der Waals surface area contributed by atoms with Crippen LogP contribution in [0.1, 0.15) is 52.4 Å². The van der Waals surface area contributed by atoms with Crippen molar-refractivity contribution >= 4 is 35.8 Å². The Morgan fingerprint density at radius 1 is 1.19 bits per heavy atom. The summed E-state index contributed by atoms with van der Waals surface area (Å²) in [6.45, 7) is 5.47. The Hall–Kier alpha value is -0.530. The fourth-order valence-corrected chi connectivity index (χ4v) is 2.51. The van der Waals surface area contributed by atoms with Gasteiger partial charge in [-0.1, -0.05) is 12.8 Å². The third kappa shape index (κ3) is 7.33. The first kappa shape index (κ1) is 18.5. The van der Waals surface area contributed by atoms with Gasteiger partial charge in [0.15, 0.2) is 5.96 Å². The van der Waals surface area contributed by atoms with Gasteiger partial charge in [0, 0.05) is 24.5 Å². The molecule has 0 radical (unpaired) electrons. The number of hydrogen-bond donors (Lipinski definition) is 3. The molecule has 6 heteroatoms. The van der Waals surface area contributed by atoms with E-state index in [1.54, 1.807) is 0 Å². The second-order valence-corrected chi connectivity index (χ2v) is 6.22. The molecule has 122 valence electrons. The molecule has 0 aromatic heterocycles. The van der Waals surface area contributed by atoms with Gasteiger partial charge in [0.25, 0.3) is 0 Å². The lowest BCUT2D eigenvalue weighted by molar-refractivity contribution is -0.124. The number of amides is 1. The summed E-state index contributed by atoms with van der Waals surface area (Å²) in [6, 6.07) is 0.959. The molecule has 2 fully saturated rings. The number of rotatable bonds is 6. The highest BCUT2D eigenvalue weighted by molar-refractivity contribution is 14.0. The predicted molar refractivity (Wildman–Crippen MR) is 97.1 cm³/mol. The highest BCUT2D eigenvalue weighted by Crippen LogP contribution is 2.24. The van der Waals surface area contributed by atoms with Crippen LogP contribution in [0.4, 0.5) is 0 Å². The second kappa shape index (κ2) is 9.48. The van der Waals surface area contributed by atoms with Gasteiger partial charge in [0.2, 0.25) is 5.91 Å². The molecular formula is C15H29IN4O. The summed E-state index contributed by atoms with van der Waals surface area (Å²) in [5.74, 6) is 1.33. The van der Waals surface area contributed by atoms with Crippen LogP contribution in [0.3, 0.4) is 0 Å². The van der Waals surface area contributed by atoms with Crippen molar-refractivity contribution in [1.82, 2.24) is 16.0 Å². The third-order valence-corrected chi connectivity index (χ3v) is 3.75. The average molecular weight is 408 g/mol. The van der Waals surface area contributed by atoms with Gasteiger partial charge in [0.1, 0.15) is 0 Å². The van der Waals surface area contributed by atoms with Crippen LogP contribution in [-0.2, 0) is 4.79 Å². The van der Waals surface area contributed by atoms with Crippen molar-refractivity contribution in [2.24, 2.45) is 10.9 Å². The van der Waals surface area contributed by atoms with Gasteiger partial charge in [-0.15, -0.1) is 24.0 Å². The van der Waals surface area contributed by atoms with Crippen molar-refractivity contribution in [2.45, 2.75) is 64.5 Å². The van der Waals surface area contributed by atoms with Crippen LogP contribution in [0, 0.1) is 5.92 Å². The number of halogens is 1. The van der Waals surface area contributed by atoms with E-state index in [9.17, 15) is 4.79 Å². The van der Waals surface area contributed by atoms with E-state index in [0.29, 0.717) is 25.2 Å². The first-order valence-electron chi connectivity index (χ1n) is 8.00. The molecule has 5 nitrogen and oxygen atoms in total. The molecule has 1 amide bonds. The van der Waals surface area contributed by atoms with Crippen molar-refractivity contribution in [3.63, 3.8) is 0 Å². The van der Waals surface area contributed by atoms with Gasteiger partial charge in [-0.05, 0) is 39.5 Å². The molecule has 2 aliphatic rings. The first-order chi connectivity index (χ1) is 9.65. The van der Waals surface area contributed by atoms with Crippen molar-refractivity contribution in [2.75, 3.05) is 13.1 Å². The van der Waals surface area contributed by atoms with Gasteiger partial charge in [-0.3, -0.25) is 9.79 Å². The Morgan fingerprint density at radius 2 is 1.86 bits per heavy atom. The zero-order chi connectivity index (χ0) is 14.4. The summed E-state index contributed by atoms with van der Waals surface area (Å²) in [5, 5.41) is 9.71. The number of aliphatic imine (C=N–C) groups is 1. The normalized spacial score (nSPS) is 19.3. The van der Waals surface area contributed by atoms with E-state index in [1.165, 1.54) is 25.7 Å². The van der Waals surface area contributed by atoms with Crippen LogP contribution >= 0.6 is 24.0 Å². The van der Waals surface area contributed by atoms with Crippen molar-refractivity contribution in [1.29, 1.82) is 0 Å². The van der Waals surface area contributed by atoms with E-state index in [4.69, 9.17) is 0 Å². The number of carbonyl (C=O) groups is 1. The molecule has 0 spiro atoms. The van der Waals surface area contributed by atoms with Crippen molar-refractivity contribution in [3.05, 3.63) is 0 Å². The van der Waals surface area contributed by atoms with Gasteiger partial charge in [-0.25, -0.2) is 0 Å². The maximum Gasteiger partial charge on any atom is 0.223 e. The minimum atomic E-state index is 0. The fourth-order valence-electron chi connectivity index (χ4n) is 2.51. The molecule has 21 heavy (non-hydrogen) atoms. The van der Waals surface area contributed by atoms with Crippen LogP contribution in [0.5, 0.6) is 0 Å². The van der Waals surface area contributed by atoms with E-state index in [2.05, 4.69) is 34.8 Å². The lowest BCUT2D eigenvalue weighted by atomic mass is 10.1. The van der Waals surface area contributed by atoms with Crippen LogP contribution in [0.15, 0.2) is 4.99 Å². The molecule has 0 saturated heterocycles. The predicted octanol–water partition coefficient (Wildman–Crippen LogP) is 2.02. The standard InChI is InChI=1S/C15H28N4O.HI/c1-11(2)18-15(19-13-7-8-13)17-10-9-16-14(20)12-5-3-4-6-12;/h11-13H,3-10H2,1-2H3,(H,16,20)(H2,17,18,19);1H. The second-order valence-electron chi connectivity index (χ2n) is 6.22. The number of hydrogen-bond acceptors (Lipinski definition) is 2. The lowest BCUT2D eigenvalue weighted by Crippen LogP contribution is -2.42. The maximum absolute atomic E-state index is 11.9. The smallest absolute Gasteiger partial charge is 0.223 e. The average Bonchev–Trinajstić information content (AvgIpc) is 3.04. The maximum atomic E-state index is 11.9. The minimum Gasteiger partial charge on any atom is -0.354 e. The summed E-state index contributed by atoms with van der Waals surface area (Å²) in [7, 11) is 0. The molecule has 2 rings (SSSR count). The Bertz CT molecular complexity index is 344. The Labute approximate surface area is 145 Å². The van der Waals surface area contributed by atoms with E-state index in [-0.39, 0.29) is 35.8 Å². The summed E-state index contributed by atoms with van der Waals surface area (Å²) >= 11 is 0. The molecule has 2 saturated carbocycles. The molecule has 0 unspecified atom stereocenters. The first-order valence-corrected chi connectivity index (χ1v) is 8.00. The third-order valence-electron chi connectivity index (χ3n) is 3.75. The summed E-state index contributed by atoms with van der Waals surface area (Å²) in [6.07, 6.45) is 6.97. The van der Waals surface area contributed by atoms with Crippen LogP contribution < -0.4 is 16.0 Å². The van der Waals surface area contributed by atoms with Gasteiger partial charge < -0.3 is 16.0 Å². The molecule has 0 heterocycles. The Balaban J connectivity index is 0.00000220. The van der Waals surface area contributed by atoms with Gasteiger partial charge >= 0.3 is 0 Å². The number of guanidine groups is 1. The highest BCUT2D eigenvalue weighted by atomic mass is 127. The lowest BCUT2D eigenvalue weighted by Gasteiger charge is -2.15. The quantitative estimate of drug-likeness (QED) is 0.273. The molecule has 3 N–H and O–H groups in total. The van der Waals surface area contributed by atoms with E-state index in [1.807, 2.05) is 0 Å². The SMILES string of the molecule is CC(C)NC(=NCCNC(=O)C1CCCC1)NC1CC1.I. The van der Waals surface area contributed by atoms with Crippen molar-refractivity contribution < 1.29 is 4.79 Å². The molecular weight excluding hydrogens is 379 g/mol. The summed E-state index contributed by atoms with van der Waals surface area (Å²) in [4.78, 5) is 16.4. The van der Waals surface area contributed by atoms with E-state index < -0.39 is 0 Å². The van der Waals surface area contributed by atoms with Gasteiger partial charge in [-0.2, -0.15) is 0 Å². The number of nitrogens with one attached hydrogen (secondary N) is 3. The largest absolute Gasteiger partial charge is 0.354 e. The van der Waals surface area contributed by atoms with Crippen molar-refractivity contribution in [3.8, 4) is 0 Å². The fraction of sp³-hybridized carbons (Fsp3) is 0.867. The summed E-state index contributed by atoms with van der Waals surface area (Å²) in [5.41, 5.74) is 0. The van der Waals surface area contributed by atoms with E-state index in [0.717, 1.165) is 18.8 Å². The highest BCUT2D eigenvalue weighted by Gasteiger charge is 2.23. The molecule has 2 aliphatic carbocycles. The van der Waals surface area contributed by atoms with E-state index >= 15 is 0 Å². The topological polar surface area (TPSA) is 65.5 Å².